The monoisotopic (exact) mass is 462 g/mol. The van der Waals surface area contributed by atoms with Crippen molar-refractivity contribution in [3.05, 3.63) is 78.9 Å². The van der Waals surface area contributed by atoms with Gasteiger partial charge < -0.3 is 14.6 Å². The van der Waals surface area contributed by atoms with Gasteiger partial charge in [0.05, 0.1) is 6.10 Å². The minimum Gasteiger partial charge on any atom is -0.596 e. The highest BCUT2D eigenvalue weighted by Crippen LogP contribution is 2.65. The van der Waals surface area contributed by atoms with Crippen molar-refractivity contribution < 1.29 is 19.4 Å². The Hall–Kier alpha value is -3.37. The molecule has 1 aliphatic heterocycles. The number of amides is 1. The molecule has 0 aliphatic carbocycles. The van der Waals surface area contributed by atoms with Crippen LogP contribution in [0.4, 0.5) is 4.79 Å². The Morgan fingerprint density at radius 3 is 1.79 bits per heavy atom. The highest BCUT2D eigenvalue weighted by molar-refractivity contribution is 7.95. The van der Waals surface area contributed by atoms with Gasteiger partial charge in [-0.2, -0.15) is 0 Å². The van der Waals surface area contributed by atoms with Crippen LogP contribution in [0.5, 0.6) is 0 Å². The second-order valence-electron chi connectivity index (χ2n) is 8.26. The van der Waals surface area contributed by atoms with Gasteiger partial charge in [-0.1, -0.05) is 68.4 Å². The summed E-state index contributed by atoms with van der Waals surface area (Å²) < 4.78 is 12.2. The van der Waals surface area contributed by atoms with E-state index in [1.165, 1.54) is 4.78 Å². The number of benzene rings is 3. The molecule has 0 atom stereocenters. The van der Waals surface area contributed by atoms with Gasteiger partial charge in [-0.15, -0.1) is 5.10 Å². The molecule has 0 N–H and O–H groups in total. The zero-order valence-corrected chi connectivity index (χ0v) is 20.0. The quantitative estimate of drug-likeness (QED) is 0.250. The number of hydrogen-bond donors (Lipinski definition) is 0. The van der Waals surface area contributed by atoms with Crippen LogP contribution in [0, 0.1) is 0 Å². The van der Waals surface area contributed by atoms with Gasteiger partial charge >= 0.3 is 6.09 Å². The van der Waals surface area contributed by atoms with Crippen LogP contribution in [-0.2, 0) is 9.47 Å². The molecular formula is C26H27N2O4P. The molecule has 1 aliphatic rings. The van der Waals surface area contributed by atoms with E-state index in [0.29, 0.717) is 0 Å². The molecule has 3 aromatic carbocycles. The summed E-state index contributed by atoms with van der Waals surface area (Å²) in [4.78, 5) is 13.6. The lowest BCUT2D eigenvalue weighted by molar-refractivity contribution is -0.255. The molecule has 3 aromatic rings. The van der Waals surface area contributed by atoms with E-state index in [4.69, 9.17) is 9.47 Å². The average molecular weight is 462 g/mol. The Bertz CT molecular complexity index is 1130. The summed E-state index contributed by atoms with van der Waals surface area (Å²) in [5.41, 5.74) is 2.03. The largest absolute Gasteiger partial charge is 0.596 e. The van der Waals surface area contributed by atoms with Crippen LogP contribution >= 0.6 is 7.41 Å². The first kappa shape index (κ1) is 22.8. The van der Waals surface area contributed by atoms with Crippen LogP contribution in [0.25, 0.3) is 11.1 Å². The highest BCUT2D eigenvalue weighted by atomic mass is 31.2. The van der Waals surface area contributed by atoms with Crippen molar-refractivity contribution in [2.24, 2.45) is 5.10 Å². The zero-order valence-electron chi connectivity index (χ0n) is 19.1. The Kier molecular flexibility index (Phi) is 6.39. The molecule has 4 rings (SSSR count). The van der Waals surface area contributed by atoms with E-state index >= 15 is 0 Å². The van der Waals surface area contributed by atoms with Gasteiger partial charge in [0, 0.05) is 17.2 Å². The van der Waals surface area contributed by atoms with Crippen LogP contribution < -0.4 is 21.0 Å². The topological polar surface area (TPSA) is 74.2 Å². The maximum absolute atomic E-state index is 13.6. The molecule has 0 unspecified atom stereocenters. The molecule has 0 saturated carbocycles. The maximum atomic E-state index is 13.6. The maximum Gasteiger partial charge on any atom is 0.464 e. The Morgan fingerprint density at radius 2 is 1.27 bits per heavy atom. The molecule has 6 nitrogen and oxygen atoms in total. The van der Waals surface area contributed by atoms with Gasteiger partial charge in [0.1, 0.15) is 15.9 Å². The van der Waals surface area contributed by atoms with Crippen molar-refractivity contribution in [1.29, 1.82) is 0 Å². The number of fused-ring (bicyclic) bond motifs is 3. The smallest absolute Gasteiger partial charge is 0.464 e. The normalized spacial score (nSPS) is 14.1. The molecule has 33 heavy (non-hydrogen) atoms. The molecular weight excluding hydrogens is 435 g/mol. The number of ether oxygens (including phenoxy) is 2. The fourth-order valence-electron chi connectivity index (χ4n) is 4.11. The number of hydrazone groups is 1. The minimum atomic E-state index is -2.91. The second kappa shape index (κ2) is 9.24. The van der Waals surface area contributed by atoms with E-state index in [2.05, 4.69) is 5.10 Å². The van der Waals surface area contributed by atoms with E-state index in [0.717, 1.165) is 27.0 Å². The first-order chi connectivity index (χ1) is 15.9. The van der Waals surface area contributed by atoms with Crippen molar-refractivity contribution in [2.45, 2.75) is 39.9 Å². The molecule has 7 heteroatoms. The number of nitrogens with zero attached hydrogens (tertiary/aromatic N) is 2. The summed E-state index contributed by atoms with van der Waals surface area (Å²) in [6.45, 7) is 7.03. The van der Waals surface area contributed by atoms with E-state index < -0.39 is 19.6 Å². The highest BCUT2D eigenvalue weighted by Gasteiger charge is 2.61. The van der Waals surface area contributed by atoms with Crippen molar-refractivity contribution >= 4 is 35.5 Å². The van der Waals surface area contributed by atoms with Crippen LogP contribution in [-0.4, -0.2) is 29.2 Å². The van der Waals surface area contributed by atoms with E-state index in [-0.39, 0.29) is 12.2 Å². The van der Waals surface area contributed by atoms with Gasteiger partial charge in [-0.3, -0.25) is 0 Å². The van der Waals surface area contributed by atoms with Gasteiger partial charge in [0.25, 0.3) is 0 Å². The lowest BCUT2D eigenvalue weighted by Crippen LogP contribution is -2.44. The van der Waals surface area contributed by atoms with Gasteiger partial charge in [-0.05, 0) is 42.9 Å². The van der Waals surface area contributed by atoms with Crippen LogP contribution in [0.2, 0.25) is 0 Å². The average Bonchev–Trinajstić information content (AvgIpc) is 3.08. The molecule has 170 valence electrons. The predicted molar refractivity (Wildman–Crippen MR) is 131 cm³/mol. The summed E-state index contributed by atoms with van der Waals surface area (Å²) in [6.07, 6.45) is -2.28. The Balaban J connectivity index is 2.08. The number of rotatable bonds is 5. The molecule has 0 saturated heterocycles. The van der Waals surface area contributed by atoms with Crippen LogP contribution in [0.1, 0.15) is 27.7 Å². The fourth-order valence-corrected chi connectivity index (χ4v) is 8.35. The van der Waals surface area contributed by atoms with E-state index in [1.807, 2.05) is 78.9 Å². The van der Waals surface area contributed by atoms with Crippen molar-refractivity contribution in [2.75, 3.05) is 0 Å². The fraction of sp³-hybridized carbons (Fsp3) is 0.231. The molecule has 0 fully saturated rings. The summed E-state index contributed by atoms with van der Waals surface area (Å²) in [6, 6.07) is 25.7. The minimum absolute atomic E-state index is 0.377. The third-order valence-electron chi connectivity index (χ3n) is 5.22. The summed E-state index contributed by atoms with van der Waals surface area (Å²) >= 11 is 0. The van der Waals surface area contributed by atoms with Crippen LogP contribution in [0.3, 0.4) is 0 Å². The first-order valence-corrected chi connectivity index (χ1v) is 12.7. The molecule has 0 aromatic heterocycles. The Labute approximate surface area is 194 Å². The van der Waals surface area contributed by atoms with Crippen molar-refractivity contribution in [3.8, 4) is 11.1 Å². The second-order valence-corrected chi connectivity index (χ2v) is 11.4. The Morgan fingerprint density at radius 1 is 0.788 bits per heavy atom. The summed E-state index contributed by atoms with van der Waals surface area (Å²) in [5, 5.41) is 19.8. The predicted octanol–water partition coefficient (Wildman–Crippen LogP) is 3.78. The van der Waals surface area contributed by atoms with Gasteiger partial charge in [-0.25, -0.2) is 4.79 Å². The molecule has 0 spiro atoms. The summed E-state index contributed by atoms with van der Waals surface area (Å²) in [5.74, 6) is 0. The van der Waals surface area contributed by atoms with E-state index in [1.54, 1.807) is 27.7 Å². The molecule has 1 heterocycles. The lowest BCUT2D eigenvalue weighted by atomic mass is 10.1. The van der Waals surface area contributed by atoms with E-state index in [9.17, 15) is 9.90 Å². The van der Waals surface area contributed by atoms with Gasteiger partial charge in [0.15, 0.2) is 6.08 Å². The standard InChI is InChI=1S/C26H27N2O4P/c1-18(2)31-25(29)27-28(26(30)32-19(3)4)33(20-12-6-5-7-13-20)23-16-10-8-14-21(23)22-15-9-11-17-24(22)33/h5-19H,1-4H3. The lowest BCUT2D eigenvalue weighted by Gasteiger charge is -2.31. The third-order valence-corrected chi connectivity index (χ3v) is 9.26. The number of carbonyl (C=O) groups excluding carboxylic acids is 1. The summed E-state index contributed by atoms with van der Waals surface area (Å²) in [7, 11) is -2.91. The SMILES string of the molecule is CC(C)OC(=O)N(/N=C(\[O-])OC(C)C)[P+]1(c2ccccc2)c2ccccc2-c2ccccc21. The third kappa shape index (κ3) is 4.07. The van der Waals surface area contributed by atoms with Crippen molar-refractivity contribution in [3.63, 3.8) is 0 Å². The number of carbonyl (C=O) groups is 1. The molecule has 1 amide bonds. The number of hydrogen-bond acceptors (Lipinski definition) is 5. The first-order valence-electron chi connectivity index (χ1n) is 10.9. The zero-order chi connectivity index (χ0) is 23.6. The molecule has 0 radical (unpaired) electrons. The molecule has 0 bridgehead atoms. The van der Waals surface area contributed by atoms with Crippen LogP contribution in [0.15, 0.2) is 84.0 Å². The van der Waals surface area contributed by atoms with Gasteiger partial charge in [0.2, 0.25) is 7.41 Å². The van der Waals surface area contributed by atoms with Crippen molar-refractivity contribution in [1.82, 2.24) is 4.78 Å².